The number of para-hydroxylation sites is 1. The van der Waals surface area contributed by atoms with Gasteiger partial charge >= 0.3 is 0 Å². The summed E-state index contributed by atoms with van der Waals surface area (Å²) in [5, 5.41) is 8.90. The zero-order chi connectivity index (χ0) is 13.1. The number of anilines is 1. The van der Waals surface area contributed by atoms with Crippen LogP contribution in [0.15, 0.2) is 23.1 Å². The number of rotatable bonds is 4. The zero-order valence-corrected chi connectivity index (χ0v) is 11.3. The smallest absolute Gasteiger partial charge is 0.0684 e. The first-order valence-corrected chi connectivity index (χ1v) is 6.84. The molecule has 2 N–H and O–H groups in total. The van der Waals surface area contributed by atoms with Crippen molar-refractivity contribution in [2.45, 2.75) is 32.1 Å². The molecule has 1 aromatic rings. The third kappa shape index (κ3) is 3.57. The van der Waals surface area contributed by atoms with Gasteiger partial charge in [0.15, 0.2) is 0 Å². The highest BCUT2D eigenvalue weighted by Gasteiger charge is 2.19. The molecule has 0 aliphatic carbocycles. The Bertz CT molecular complexity index is 475. The van der Waals surface area contributed by atoms with Crippen LogP contribution in [0.25, 0.3) is 0 Å². The molecule has 0 saturated carbocycles. The minimum atomic E-state index is -1.13. The quantitative estimate of drug-likeness (QED) is 0.835. The summed E-state index contributed by atoms with van der Waals surface area (Å²) < 4.78 is 12.1. The molecule has 92 valence electrons. The van der Waals surface area contributed by atoms with E-state index >= 15 is 0 Å². The van der Waals surface area contributed by atoms with Gasteiger partial charge in [-0.05, 0) is 38.8 Å². The van der Waals surface area contributed by atoms with E-state index in [4.69, 9.17) is 11.0 Å². The van der Waals surface area contributed by atoms with E-state index in [1.54, 1.807) is 6.07 Å². The average Bonchev–Trinajstić information content (AvgIpc) is 2.30. The second-order valence-electron chi connectivity index (χ2n) is 4.78. The second kappa shape index (κ2) is 5.33. The molecule has 1 unspecified atom stereocenters. The number of aryl methyl sites for hydroxylation is 1. The molecule has 0 bridgehead atoms. The molecule has 17 heavy (non-hydrogen) atoms. The molecule has 0 aromatic heterocycles. The minimum absolute atomic E-state index is 0.436. The molecule has 1 aromatic carbocycles. The monoisotopic (exact) mass is 250 g/mol. The number of hydrogen-bond acceptors (Lipinski definition) is 3. The summed E-state index contributed by atoms with van der Waals surface area (Å²) in [4.78, 5) is 0.679. The van der Waals surface area contributed by atoms with Crippen LogP contribution in [0.5, 0.6) is 0 Å². The summed E-state index contributed by atoms with van der Waals surface area (Å²) >= 11 is 0. The lowest BCUT2D eigenvalue weighted by Gasteiger charge is -2.15. The lowest BCUT2D eigenvalue weighted by atomic mass is 9.93. The van der Waals surface area contributed by atoms with Gasteiger partial charge in [-0.2, -0.15) is 5.26 Å². The van der Waals surface area contributed by atoms with E-state index in [1.165, 1.54) is 0 Å². The Balaban J connectivity index is 2.79. The van der Waals surface area contributed by atoms with E-state index in [9.17, 15) is 4.21 Å². The maximum absolute atomic E-state index is 12.1. The third-order valence-corrected chi connectivity index (χ3v) is 4.17. The number of hydrogen-bond donors (Lipinski definition) is 1. The Morgan fingerprint density at radius 2 is 2.12 bits per heavy atom. The van der Waals surface area contributed by atoms with Crippen molar-refractivity contribution in [2.75, 3.05) is 11.5 Å². The summed E-state index contributed by atoms with van der Waals surface area (Å²) in [6.07, 6.45) is 0.601. The van der Waals surface area contributed by atoms with Gasteiger partial charge in [0.05, 0.1) is 32.9 Å². The van der Waals surface area contributed by atoms with Gasteiger partial charge in [-0.15, -0.1) is 0 Å². The Labute approximate surface area is 105 Å². The van der Waals surface area contributed by atoms with Crippen LogP contribution in [0.2, 0.25) is 0 Å². The molecular formula is C13H18N2OS. The molecule has 3 nitrogen and oxygen atoms in total. The standard InChI is InChI=1S/C13H18N2OS/c1-10-5-4-6-11(12(10)15)17(16)8-7-13(2,3)9-14/h4-6H,7-8,15H2,1-3H3. The van der Waals surface area contributed by atoms with E-state index in [1.807, 2.05) is 32.9 Å². The Kier molecular flexibility index (Phi) is 4.30. The summed E-state index contributed by atoms with van der Waals surface area (Å²) in [7, 11) is -1.13. The highest BCUT2D eigenvalue weighted by molar-refractivity contribution is 7.85. The predicted octanol–water partition coefficient (Wildman–Crippen LogP) is 2.62. The molecule has 0 aliphatic heterocycles. The van der Waals surface area contributed by atoms with Gasteiger partial charge < -0.3 is 5.73 Å². The highest BCUT2D eigenvalue weighted by atomic mass is 32.2. The lowest BCUT2D eigenvalue weighted by molar-refractivity contribution is 0.479. The zero-order valence-electron chi connectivity index (χ0n) is 10.5. The summed E-state index contributed by atoms with van der Waals surface area (Å²) in [5.74, 6) is 0.466. The van der Waals surface area contributed by atoms with Gasteiger partial charge in [-0.25, -0.2) is 0 Å². The Morgan fingerprint density at radius 1 is 1.47 bits per heavy atom. The van der Waals surface area contributed by atoms with E-state index < -0.39 is 16.2 Å². The molecule has 4 heteroatoms. The van der Waals surface area contributed by atoms with Crippen molar-refractivity contribution < 1.29 is 4.21 Å². The van der Waals surface area contributed by atoms with Gasteiger partial charge in [0.2, 0.25) is 0 Å². The van der Waals surface area contributed by atoms with E-state index in [2.05, 4.69) is 6.07 Å². The molecule has 1 rings (SSSR count). The topological polar surface area (TPSA) is 66.9 Å². The van der Waals surface area contributed by atoms with Crippen LogP contribution in [0.1, 0.15) is 25.8 Å². The van der Waals surface area contributed by atoms with Crippen LogP contribution in [-0.2, 0) is 10.8 Å². The van der Waals surface area contributed by atoms with Crippen LogP contribution in [0.3, 0.4) is 0 Å². The first-order valence-electron chi connectivity index (χ1n) is 5.52. The number of nitrogens with two attached hydrogens (primary N) is 1. The van der Waals surface area contributed by atoms with E-state index in [-0.39, 0.29) is 0 Å². The number of nitrogens with zero attached hydrogens (tertiary/aromatic N) is 1. The molecule has 0 spiro atoms. The van der Waals surface area contributed by atoms with Crippen molar-refractivity contribution in [3.63, 3.8) is 0 Å². The molecule has 0 radical (unpaired) electrons. The molecule has 0 fully saturated rings. The first kappa shape index (κ1) is 13.7. The normalized spacial score (nSPS) is 13.1. The third-order valence-electron chi connectivity index (χ3n) is 2.74. The van der Waals surface area contributed by atoms with Crippen LogP contribution in [0.4, 0.5) is 5.69 Å². The van der Waals surface area contributed by atoms with E-state index in [0.717, 1.165) is 5.56 Å². The average molecular weight is 250 g/mol. The summed E-state index contributed by atoms with van der Waals surface area (Å²) in [6, 6.07) is 7.75. The molecule has 1 atom stereocenters. The molecule has 0 amide bonds. The summed E-state index contributed by atoms with van der Waals surface area (Å²) in [6.45, 7) is 5.60. The van der Waals surface area contributed by atoms with Crippen molar-refractivity contribution in [1.29, 1.82) is 5.26 Å². The molecular weight excluding hydrogens is 232 g/mol. The SMILES string of the molecule is Cc1cccc(S(=O)CCC(C)(C)C#N)c1N. The van der Waals surface area contributed by atoms with Crippen LogP contribution in [0, 0.1) is 23.7 Å². The van der Waals surface area contributed by atoms with Gasteiger partial charge in [0.25, 0.3) is 0 Å². The first-order chi connectivity index (χ1) is 7.87. The largest absolute Gasteiger partial charge is 0.398 e. The fraction of sp³-hybridized carbons (Fsp3) is 0.462. The van der Waals surface area contributed by atoms with Gasteiger partial charge in [0, 0.05) is 5.75 Å². The fourth-order valence-electron chi connectivity index (χ4n) is 1.37. The van der Waals surface area contributed by atoms with Crippen LogP contribution < -0.4 is 5.73 Å². The van der Waals surface area contributed by atoms with Crippen molar-refractivity contribution in [2.24, 2.45) is 5.41 Å². The fourth-order valence-corrected chi connectivity index (χ4v) is 2.92. The van der Waals surface area contributed by atoms with Gasteiger partial charge in [0.1, 0.15) is 0 Å². The van der Waals surface area contributed by atoms with E-state index in [0.29, 0.717) is 22.8 Å². The predicted molar refractivity (Wildman–Crippen MR) is 70.9 cm³/mol. The van der Waals surface area contributed by atoms with Crippen molar-refractivity contribution in [3.8, 4) is 6.07 Å². The highest BCUT2D eigenvalue weighted by Crippen LogP contribution is 2.24. The van der Waals surface area contributed by atoms with Crippen molar-refractivity contribution in [3.05, 3.63) is 23.8 Å². The van der Waals surface area contributed by atoms with Crippen LogP contribution >= 0.6 is 0 Å². The lowest BCUT2D eigenvalue weighted by Crippen LogP contribution is -2.13. The van der Waals surface area contributed by atoms with Gasteiger partial charge in [-0.3, -0.25) is 4.21 Å². The Hall–Kier alpha value is -1.34. The molecule has 0 saturated heterocycles. The van der Waals surface area contributed by atoms with Crippen molar-refractivity contribution >= 4 is 16.5 Å². The molecule has 0 heterocycles. The number of nitriles is 1. The maximum Gasteiger partial charge on any atom is 0.0684 e. The minimum Gasteiger partial charge on any atom is -0.398 e. The van der Waals surface area contributed by atoms with Crippen molar-refractivity contribution in [1.82, 2.24) is 0 Å². The Morgan fingerprint density at radius 3 is 2.71 bits per heavy atom. The number of benzene rings is 1. The van der Waals surface area contributed by atoms with Gasteiger partial charge in [-0.1, -0.05) is 12.1 Å². The van der Waals surface area contributed by atoms with Crippen LogP contribution in [-0.4, -0.2) is 9.96 Å². The summed E-state index contributed by atoms with van der Waals surface area (Å²) in [5.41, 5.74) is 7.00. The number of nitrogen functional groups attached to an aromatic ring is 1. The molecule has 0 aliphatic rings. The maximum atomic E-state index is 12.1. The second-order valence-corrected chi connectivity index (χ2v) is 6.32.